The predicted molar refractivity (Wildman–Crippen MR) is 91.1 cm³/mol. The van der Waals surface area contributed by atoms with Gasteiger partial charge in [-0.15, -0.1) is 0 Å². The number of ether oxygens (including phenoxy) is 8. The van der Waals surface area contributed by atoms with Crippen LogP contribution in [0.25, 0.3) is 0 Å². The van der Waals surface area contributed by atoms with E-state index in [0.717, 1.165) is 0 Å². The van der Waals surface area contributed by atoms with Crippen LogP contribution < -0.4 is 0 Å². The van der Waals surface area contributed by atoms with E-state index in [0.29, 0.717) is 12.1 Å². The fourth-order valence-corrected chi connectivity index (χ4v) is 4.68. The van der Waals surface area contributed by atoms with Crippen molar-refractivity contribution in [3.8, 4) is 0 Å². The molecule has 0 unspecified atom stereocenters. The van der Waals surface area contributed by atoms with Crippen LogP contribution in [0.15, 0.2) is 5.16 Å². The van der Waals surface area contributed by atoms with Gasteiger partial charge in [-0.05, 0) is 27.7 Å². The van der Waals surface area contributed by atoms with E-state index in [2.05, 4.69) is 5.16 Å². The Morgan fingerprint density at radius 1 is 0.821 bits per heavy atom. The summed E-state index contributed by atoms with van der Waals surface area (Å²) in [6.45, 7) is 7.43. The second kappa shape index (κ2) is 6.08. The highest BCUT2D eigenvalue weighted by atomic mass is 16.9. The first-order valence-electron chi connectivity index (χ1n) is 9.52. The van der Waals surface area contributed by atoms with E-state index >= 15 is 0 Å². The summed E-state index contributed by atoms with van der Waals surface area (Å²) in [5.41, 5.74) is 0.652. The molecule has 1 spiro atoms. The van der Waals surface area contributed by atoms with Gasteiger partial charge >= 0.3 is 0 Å². The van der Waals surface area contributed by atoms with Crippen molar-refractivity contribution in [3.05, 3.63) is 0 Å². The third kappa shape index (κ3) is 2.74. The molecule has 0 aromatic carbocycles. The Morgan fingerprint density at radius 2 is 1.46 bits per heavy atom. The van der Waals surface area contributed by atoms with Crippen molar-refractivity contribution < 1.29 is 42.7 Å². The van der Waals surface area contributed by atoms with Crippen molar-refractivity contribution in [2.75, 3.05) is 14.2 Å². The van der Waals surface area contributed by atoms with Gasteiger partial charge in [-0.3, -0.25) is 0 Å². The molecule has 0 saturated carbocycles. The maximum Gasteiger partial charge on any atom is 0.273 e. The maximum atomic E-state index is 6.07. The molecule has 28 heavy (non-hydrogen) atoms. The Morgan fingerprint density at radius 3 is 2.18 bits per heavy atom. The molecule has 4 fully saturated rings. The van der Waals surface area contributed by atoms with Crippen LogP contribution in [0.5, 0.6) is 0 Å². The molecular formula is C18H27NO9. The second-order valence-electron chi connectivity index (χ2n) is 8.63. The molecule has 10 heteroatoms. The fraction of sp³-hybridized carbons (Fsp3) is 0.944. The average molecular weight is 401 g/mol. The van der Waals surface area contributed by atoms with Crippen molar-refractivity contribution >= 4 is 5.71 Å². The molecule has 5 aliphatic heterocycles. The van der Waals surface area contributed by atoms with Crippen LogP contribution in [0.1, 0.15) is 34.1 Å². The lowest BCUT2D eigenvalue weighted by Crippen LogP contribution is -2.45. The highest BCUT2D eigenvalue weighted by Crippen LogP contribution is 2.50. The first-order valence-corrected chi connectivity index (χ1v) is 9.52. The lowest BCUT2D eigenvalue weighted by atomic mass is 9.97. The molecular weight excluding hydrogens is 374 g/mol. The van der Waals surface area contributed by atoms with E-state index in [1.165, 1.54) is 0 Å². The molecule has 8 atom stereocenters. The summed E-state index contributed by atoms with van der Waals surface area (Å²) in [5, 5.41) is 4.29. The molecule has 0 aromatic rings. The summed E-state index contributed by atoms with van der Waals surface area (Å²) in [7, 11) is 3.14. The Hall–Kier alpha value is -0.850. The normalized spacial score (nSPS) is 50.6. The Bertz CT molecular complexity index is 682. The number of nitrogens with zero attached hydrogens (tertiary/aromatic N) is 1. The summed E-state index contributed by atoms with van der Waals surface area (Å²) in [5.74, 6) is -2.63. The summed E-state index contributed by atoms with van der Waals surface area (Å²) in [6, 6.07) is 0. The van der Waals surface area contributed by atoms with E-state index in [4.69, 9.17) is 42.7 Å². The minimum absolute atomic E-state index is 0.335. The number of fused-ring (bicyclic) bond motifs is 3. The van der Waals surface area contributed by atoms with Gasteiger partial charge in [0.15, 0.2) is 30.3 Å². The zero-order chi connectivity index (χ0) is 19.9. The van der Waals surface area contributed by atoms with E-state index in [-0.39, 0.29) is 12.2 Å². The van der Waals surface area contributed by atoms with Gasteiger partial charge < -0.3 is 42.7 Å². The van der Waals surface area contributed by atoms with Gasteiger partial charge in [0.1, 0.15) is 24.4 Å². The molecule has 5 heterocycles. The first kappa shape index (κ1) is 19.1. The molecule has 0 radical (unpaired) electrons. The maximum absolute atomic E-state index is 6.07. The van der Waals surface area contributed by atoms with Crippen molar-refractivity contribution in [2.45, 2.75) is 94.6 Å². The summed E-state index contributed by atoms with van der Waals surface area (Å²) in [6.07, 6.45) is -2.91. The minimum atomic E-state index is -1.13. The molecule has 0 N–H and O–H groups in total. The number of methoxy groups -OCH3 is 2. The fourth-order valence-electron chi connectivity index (χ4n) is 4.68. The van der Waals surface area contributed by atoms with Crippen LogP contribution in [0.2, 0.25) is 0 Å². The summed E-state index contributed by atoms with van der Waals surface area (Å²) >= 11 is 0. The topological polar surface area (TPSA) is 95.4 Å². The van der Waals surface area contributed by atoms with Crippen molar-refractivity contribution in [2.24, 2.45) is 5.16 Å². The molecule has 0 bridgehead atoms. The van der Waals surface area contributed by atoms with E-state index < -0.39 is 48.3 Å². The number of oxime groups is 1. The molecule has 158 valence electrons. The van der Waals surface area contributed by atoms with E-state index in [1.807, 2.05) is 27.7 Å². The van der Waals surface area contributed by atoms with Gasteiger partial charge in [-0.2, -0.15) is 0 Å². The quantitative estimate of drug-likeness (QED) is 0.683. The predicted octanol–water partition coefficient (Wildman–Crippen LogP) is 0.873. The Kier molecular flexibility index (Phi) is 4.16. The minimum Gasteiger partial charge on any atom is -0.357 e. The third-order valence-corrected chi connectivity index (χ3v) is 5.70. The van der Waals surface area contributed by atoms with Gasteiger partial charge in [0, 0.05) is 14.2 Å². The highest BCUT2D eigenvalue weighted by molar-refractivity contribution is 5.91. The van der Waals surface area contributed by atoms with E-state index in [9.17, 15) is 0 Å². The van der Waals surface area contributed by atoms with Crippen LogP contribution in [-0.2, 0) is 42.7 Å². The van der Waals surface area contributed by atoms with Crippen molar-refractivity contribution in [1.82, 2.24) is 0 Å². The number of hydrogen-bond acceptors (Lipinski definition) is 10. The molecule has 10 nitrogen and oxygen atoms in total. The van der Waals surface area contributed by atoms with Gasteiger partial charge in [0.25, 0.3) is 5.79 Å². The summed E-state index contributed by atoms with van der Waals surface area (Å²) in [4.78, 5) is 5.80. The third-order valence-electron chi connectivity index (χ3n) is 5.70. The van der Waals surface area contributed by atoms with Crippen molar-refractivity contribution in [3.63, 3.8) is 0 Å². The molecule has 0 amide bonds. The van der Waals surface area contributed by atoms with Gasteiger partial charge in [-0.1, -0.05) is 5.16 Å². The Balaban J connectivity index is 1.37. The zero-order valence-corrected chi connectivity index (χ0v) is 16.9. The molecule has 0 aliphatic carbocycles. The average Bonchev–Trinajstić information content (AvgIpc) is 3.36. The monoisotopic (exact) mass is 401 g/mol. The van der Waals surface area contributed by atoms with Crippen LogP contribution in [0, 0.1) is 0 Å². The van der Waals surface area contributed by atoms with Gasteiger partial charge in [0.05, 0.1) is 12.1 Å². The largest absolute Gasteiger partial charge is 0.357 e. The lowest BCUT2D eigenvalue weighted by molar-refractivity contribution is -0.313. The van der Waals surface area contributed by atoms with Crippen LogP contribution >= 0.6 is 0 Å². The second-order valence-corrected chi connectivity index (χ2v) is 8.63. The van der Waals surface area contributed by atoms with Crippen LogP contribution in [0.3, 0.4) is 0 Å². The van der Waals surface area contributed by atoms with Crippen LogP contribution in [-0.4, -0.2) is 80.4 Å². The van der Waals surface area contributed by atoms with Crippen molar-refractivity contribution in [1.29, 1.82) is 0 Å². The SMILES string of the molecule is CO[C@@H]1O[C@H](C2=NO[C@@]3(C2)O[C@@H](OC)[C@@H]2OC(C)(C)O[C@@H]23)[C@H]2OC(C)(C)O[C@@H]12. The standard InChI is InChI=1S/C18H27NO9/c1-16(2)23-10-9(22-14(20-5)11(10)24-16)8-7-18(28-19-8)13-12(15(21-6)27-18)25-17(3,4)26-13/h9-15H,7H2,1-6H3/t9-,10-,11-,12-,13+,14-,15-,18-/m1/s1. The lowest BCUT2D eigenvalue weighted by Gasteiger charge is -2.29. The van der Waals surface area contributed by atoms with Gasteiger partial charge in [0.2, 0.25) is 0 Å². The number of hydrogen-bond donors (Lipinski definition) is 0. The van der Waals surface area contributed by atoms with Gasteiger partial charge in [-0.25, -0.2) is 0 Å². The highest BCUT2D eigenvalue weighted by Gasteiger charge is 2.69. The van der Waals surface area contributed by atoms with Crippen LogP contribution in [0.4, 0.5) is 0 Å². The zero-order valence-electron chi connectivity index (χ0n) is 16.9. The summed E-state index contributed by atoms with van der Waals surface area (Å²) < 4.78 is 47.0. The molecule has 0 aromatic heterocycles. The smallest absolute Gasteiger partial charge is 0.273 e. The van der Waals surface area contributed by atoms with E-state index in [1.54, 1.807) is 14.2 Å². The Labute approximate surface area is 163 Å². The molecule has 5 rings (SSSR count). The molecule has 4 saturated heterocycles. The first-order chi connectivity index (χ1) is 13.2. The number of rotatable bonds is 3. The molecule has 5 aliphatic rings.